The van der Waals surface area contributed by atoms with E-state index in [1.807, 2.05) is 31.3 Å². The topological polar surface area (TPSA) is 76.4 Å². The Labute approximate surface area is 150 Å². The first-order valence-corrected chi connectivity index (χ1v) is 9.33. The van der Waals surface area contributed by atoms with E-state index in [-0.39, 0.29) is 12.0 Å². The number of benzene rings is 1. The highest BCUT2D eigenvalue weighted by atomic mass is 16.5. The van der Waals surface area contributed by atoms with E-state index in [0.717, 1.165) is 42.8 Å². The number of aryl methyl sites for hydroxylation is 1. The van der Waals surface area contributed by atoms with Gasteiger partial charge in [-0.2, -0.15) is 0 Å². The van der Waals surface area contributed by atoms with Crippen LogP contribution in [0.5, 0.6) is 0 Å². The number of ether oxygens (including phenoxy) is 1. The summed E-state index contributed by atoms with van der Waals surface area (Å²) in [5, 5.41) is 6.25. The highest BCUT2D eigenvalue weighted by molar-refractivity contribution is 5.91. The fourth-order valence-corrected chi connectivity index (χ4v) is 3.21. The molecule has 0 aromatic heterocycles. The second-order valence-corrected chi connectivity index (χ2v) is 7.22. The van der Waals surface area contributed by atoms with Crippen molar-refractivity contribution in [3.8, 4) is 0 Å². The van der Waals surface area contributed by atoms with Gasteiger partial charge in [0.2, 0.25) is 5.91 Å². The largest absolute Gasteiger partial charge is 0.397 e. The zero-order chi connectivity index (χ0) is 17.6. The lowest BCUT2D eigenvalue weighted by molar-refractivity contribution is -0.116. The molecule has 0 radical (unpaired) electrons. The smallest absolute Gasteiger partial charge is 0.224 e. The van der Waals surface area contributed by atoms with Crippen LogP contribution in [-0.4, -0.2) is 25.2 Å². The highest BCUT2D eigenvalue weighted by Gasteiger charge is 2.24. The zero-order valence-corrected chi connectivity index (χ0v) is 15.0. The lowest BCUT2D eigenvalue weighted by Gasteiger charge is -2.22. The van der Waals surface area contributed by atoms with Crippen LogP contribution in [0.2, 0.25) is 0 Å². The SMILES string of the molecule is Cc1cc(NC(=O)CC2CC2)ccc1/C(N)=C/NCC1CCCCO1. The van der Waals surface area contributed by atoms with Gasteiger partial charge in [-0.05, 0) is 62.6 Å². The fourth-order valence-electron chi connectivity index (χ4n) is 3.21. The fraction of sp³-hybridized carbons (Fsp3) is 0.550. The molecular formula is C20H29N3O2. The molecule has 2 aliphatic rings. The highest BCUT2D eigenvalue weighted by Crippen LogP contribution is 2.32. The van der Waals surface area contributed by atoms with Gasteiger partial charge in [-0.3, -0.25) is 4.79 Å². The first-order valence-electron chi connectivity index (χ1n) is 9.33. The molecule has 1 aliphatic carbocycles. The molecule has 2 fully saturated rings. The van der Waals surface area contributed by atoms with Crippen molar-refractivity contribution in [2.75, 3.05) is 18.5 Å². The summed E-state index contributed by atoms with van der Waals surface area (Å²) in [4.78, 5) is 11.9. The van der Waals surface area contributed by atoms with Crippen molar-refractivity contribution in [1.29, 1.82) is 0 Å². The van der Waals surface area contributed by atoms with E-state index in [1.54, 1.807) is 0 Å². The standard InChI is InChI=1S/C20H29N3O2/c1-14-10-16(23-20(24)11-15-5-6-15)7-8-18(14)19(21)13-22-12-17-4-2-3-9-25-17/h7-8,10,13,15,17,22H,2-6,9,11-12,21H2,1H3,(H,23,24)/b19-13-. The van der Waals surface area contributed by atoms with Crippen LogP contribution in [0.1, 0.15) is 49.7 Å². The first-order chi connectivity index (χ1) is 12.1. The van der Waals surface area contributed by atoms with Gasteiger partial charge in [0.1, 0.15) is 0 Å². The Balaban J connectivity index is 1.53. The number of rotatable bonds is 7. The number of hydrogen-bond donors (Lipinski definition) is 3. The van der Waals surface area contributed by atoms with E-state index in [9.17, 15) is 4.79 Å². The molecule has 1 aliphatic heterocycles. The van der Waals surface area contributed by atoms with Crippen molar-refractivity contribution in [2.45, 2.75) is 51.6 Å². The second kappa shape index (κ2) is 8.39. The summed E-state index contributed by atoms with van der Waals surface area (Å²) in [7, 11) is 0. The quantitative estimate of drug-likeness (QED) is 0.711. The molecule has 4 N–H and O–H groups in total. The molecular weight excluding hydrogens is 314 g/mol. The van der Waals surface area contributed by atoms with Crippen LogP contribution < -0.4 is 16.4 Å². The van der Waals surface area contributed by atoms with Crippen LogP contribution in [0.25, 0.3) is 5.70 Å². The third-order valence-electron chi connectivity index (χ3n) is 4.87. The van der Waals surface area contributed by atoms with E-state index >= 15 is 0 Å². The Morgan fingerprint density at radius 2 is 2.16 bits per heavy atom. The van der Waals surface area contributed by atoms with E-state index in [0.29, 0.717) is 18.0 Å². The molecule has 5 nitrogen and oxygen atoms in total. The Kier molecular flexibility index (Phi) is 5.97. The lowest BCUT2D eigenvalue weighted by Crippen LogP contribution is -2.29. The minimum absolute atomic E-state index is 0.104. The summed E-state index contributed by atoms with van der Waals surface area (Å²) in [6.07, 6.45) is 8.65. The molecule has 1 aromatic rings. The summed E-state index contributed by atoms with van der Waals surface area (Å²) in [5.41, 5.74) is 9.78. The van der Waals surface area contributed by atoms with E-state index in [4.69, 9.17) is 10.5 Å². The molecule has 1 unspecified atom stereocenters. The maximum atomic E-state index is 11.9. The number of hydrogen-bond acceptors (Lipinski definition) is 4. The minimum Gasteiger partial charge on any atom is -0.397 e. The maximum Gasteiger partial charge on any atom is 0.224 e. The number of nitrogens with one attached hydrogen (secondary N) is 2. The van der Waals surface area contributed by atoms with Crippen molar-refractivity contribution in [3.63, 3.8) is 0 Å². The third-order valence-corrected chi connectivity index (χ3v) is 4.87. The predicted octanol–water partition coefficient (Wildman–Crippen LogP) is 3.15. The first kappa shape index (κ1) is 17.8. The van der Waals surface area contributed by atoms with Crippen molar-refractivity contribution in [3.05, 3.63) is 35.5 Å². The number of anilines is 1. The van der Waals surface area contributed by atoms with Crippen LogP contribution in [0.15, 0.2) is 24.4 Å². The van der Waals surface area contributed by atoms with Crippen LogP contribution in [0, 0.1) is 12.8 Å². The van der Waals surface area contributed by atoms with Gasteiger partial charge >= 0.3 is 0 Å². The Morgan fingerprint density at radius 1 is 1.32 bits per heavy atom. The predicted molar refractivity (Wildman–Crippen MR) is 101 cm³/mol. The van der Waals surface area contributed by atoms with Crippen LogP contribution in [0.3, 0.4) is 0 Å². The number of carbonyl (C=O) groups excluding carboxylic acids is 1. The molecule has 1 saturated carbocycles. The van der Waals surface area contributed by atoms with Gasteiger partial charge in [-0.25, -0.2) is 0 Å². The van der Waals surface area contributed by atoms with Crippen molar-refractivity contribution < 1.29 is 9.53 Å². The Hall–Kier alpha value is -2.01. The van der Waals surface area contributed by atoms with Crippen LogP contribution in [-0.2, 0) is 9.53 Å². The minimum atomic E-state index is 0.104. The van der Waals surface area contributed by atoms with Crippen molar-refractivity contribution in [1.82, 2.24) is 5.32 Å². The number of carbonyl (C=O) groups is 1. The summed E-state index contributed by atoms with van der Waals surface area (Å²) in [5.74, 6) is 0.700. The van der Waals surface area contributed by atoms with E-state index < -0.39 is 0 Å². The molecule has 0 spiro atoms. The molecule has 136 valence electrons. The zero-order valence-electron chi connectivity index (χ0n) is 15.0. The summed E-state index contributed by atoms with van der Waals surface area (Å²) in [6.45, 7) is 3.66. The molecule has 3 rings (SSSR count). The molecule has 1 heterocycles. The average Bonchev–Trinajstić information content (AvgIpc) is 3.39. The number of nitrogens with two attached hydrogens (primary N) is 1. The monoisotopic (exact) mass is 343 g/mol. The van der Waals surface area contributed by atoms with E-state index in [2.05, 4.69) is 10.6 Å². The van der Waals surface area contributed by atoms with Gasteiger partial charge in [0, 0.05) is 37.0 Å². The molecule has 1 aromatic carbocycles. The lowest BCUT2D eigenvalue weighted by atomic mass is 10.1. The molecule has 0 bridgehead atoms. The van der Waals surface area contributed by atoms with E-state index in [1.165, 1.54) is 19.3 Å². The van der Waals surface area contributed by atoms with Crippen molar-refractivity contribution >= 4 is 17.3 Å². The van der Waals surface area contributed by atoms with Gasteiger partial charge in [0.25, 0.3) is 0 Å². The summed E-state index contributed by atoms with van der Waals surface area (Å²) < 4.78 is 5.70. The average molecular weight is 343 g/mol. The normalized spacial score (nSPS) is 21.0. The van der Waals surface area contributed by atoms with Gasteiger partial charge < -0.3 is 21.1 Å². The summed E-state index contributed by atoms with van der Waals surface area (Å²) >= 11 is 0. The van der Waals surface area contributed by atoms with Crippen molar-refractivity contribution in [2.24, 2.45) is 11.7 Å². The maximum absolute atomic E-state index is 11.9. The van der Waals surface area contributed by atoms with Gasteiger partial charge in [0.15, 0.2) is 0 Å². The number of amides is 1. The third kappa shape index (κ3) is 5.49. The Morgan fingerprint density at radius 3 is 2.84 bits per heavy atom. The molecule has 1 saturated heterocycles. The van der Waals surface area contributed by atoms with Gasteiger partial charge in [-0.1, -0.05) is 6.07 Å². The second-order valence-electron chi connectivity index (χ2n) is 7.22. The van der Waals surface area contributed by atoms with Crippen LogP contribution in [0.4, 0.5) is 5.69 Å². The molecule has 1 amide bonds. The van der Waals surface area contributed by atoms with Gasteiger partial charge in [0.05, 0.1) is 11.8 Å². The van der Waals surface area contributed by atoms with Gasteiger partial charge in [-0.15, -0.1) is 0 Å². The van der Waals surface area contributed by atoms with Crippen LogP contribution >= 0.6 is 0 Å². The summed E-state index contributed by atoms with van der Waals surface area (Å²) in [6, 6.07) is 5.86. The molecule has 5 heteroatoms. The molecule has 1 atom stereocenters. The Bertz CT molecular complexity index is 632. The molecule has 25 heavy (non-hydrogen) atoms.